The summed E-state index contributed by atoms with van der Waals surface area (Å²) in [6.07, 6.45) is -3.15. The van der Waals surface area contributed by atoms with Crippen molar-refractivity contribution >= 4 is 11.4 Å². The molecule has 1 aliphatic heterocycles. The second kappa shape index (κ2) is 4.79. The topological polar surface area (TPSA) is 38.3 Å². The molecular weight excluding hydrogens is 283 g/mol. The van der Waals surface area contributed by atoms with Gasteiger partial charge in [0.15, 0.2) is 12.0 Å². The van der Waals surface area contributed by atoms with Crippen LogP contribution in [-0.2, 0) is 15.7 Å². The molecular formula is C15H14F3NO2. The van der Waals surface area contributed by atoms with Crippen LogP contribution in [0.2, 0.25) is 0 Å². The lowest BCUT2D eigenvalue weighted by Crippen LogP contribution is -2.18. The molecule has 1 saturated carbocycles. The van der Waals surface area contributed by atoms with E-state index in [1.807, 2.05) is 0 Å². The molecule has 0 radical (unpaired) electrons. The first-order valence-electron chi connectivity index (χ1n) is 6.75. The first-order valence-corrected chi connectivity index (χ1v) is 6.75. The van der Waals surface area contributed by atoms with Gasteiger partial charge in [0.2, 0.25) is 5.78 Å². The lowest BCUT2D eigenvalue weighted by Gasteiger charge is -2.10. The number of hydrogen-bond donors (Lipinski definition) is 1. The minimum Gasteiger partial charge on any atom is -0.467 e. The Morgan fingerprint density at radius 2 is 2.00 bits per heavy atom. The van der Waals surface area contributed by atoms with Gasteiger partial charge in [-0.15, -0.1) is 0 Å². The summed E-state index contributed by atoms with van der Waals surface area (Å²) in [6.45, 7) is 1.59. The lowest BCUT2D eigenvalue weighted by molar-refractivity contribution is -0.137. The van der Waals surface area contributed by atoms with Gasteiger partial charge in [-0.1, -0.05) is 12.1 Å². The van der Waals surface area contributed by atoms with Crippen molar-refractivity contribution in [2.45, 2.75) is 38.1 Å². The van der Waals surface area contributed by atoms with Crippen molar-refractivity contribution in [1.29, 1.82) is 0 Å². The molecule has 0 amide bonds. The standard InChI is InChI=1S/C15H14F3NO2/c1-8-13(20)12(14(21-8)19-11-5-6-11)9-3-2-4-10(7-9)15(16,17)18/h2-4,7-8,11,19H,5-6H2,1H3. The second-order valence-corrected chi connectivity index (χ2v) is 5.33. The normalized spacial score (nSPS) is 22.5. The van der Waals surface area contributed by atoms with Crippen LogP contribution >= 0.6 is 0 Å². The van der Waals surface area contributed by atoms with Gasteiger partial charge < -0.3 is 10.1 Å². The van der Waals surface area contributed by atoms with Gasteiger partial charge in [0.05, 0.1) is 11.1 Å². The third-order valence-electron chi connectivity index (χ3n) is 3.53. The molecule has 1 unspecified atom stereocenters. The SMILES string of the molecule is CC1OC(NC2CC2)=C(c2cccc(C(F)(F)F)c2)C1=O. The molecule has 0 aromatic heterocycles. The van der Waals surface area contributed by atoms with E-state index in [9.17, 15) is 18.0 Å². The predicted octanol–water partition coefficient (Wildman–Crippen LogP) is 3.11. The number of ketones is 1. The third kappa shape index (κ3) is 2.75. The van der Waals surface area contributed by atoms with E-state index in [-0.39, 0.29) is 23.0 Å². The molecule has 3 nitrogen and oxygen atoms in total. The van der Waals surface area contributed by atoms with Crippen LogP contribution in [0.25, 0.3) is 5.57 Å². The van der Waals surface area contributed by atoms with E-state index < -0.39 is 17.8 Å². The summed E-state index contributed by atoms with van der Waals surface area (Å²) >= 11 is 0. The van der Waals surface area contributed by atoms with Crippen molar-refractivity contribution in [3.63, 3.8) is 0 Å². The highest BCUT2D eigenvalue weighted by Crippen LogP contribution is 2.35. The Labute approximate surface area is 119 Å². The zero-order valence-corrected chi connectivity index (χ0v) is 11.3. The molecule has 1 atom stereocenters. The summed E-state index contributed by atoms with van der Waals surface area (Å²) in [5.74, 6) is 0.00630. The Kier molecular flexibility index (Phi) is 3.19. The van der Waals surface area contributed by atoms with E-state index >= 15 is 0 Å². The summed E-state index contributed by atoms with van der Waals surface area (Å²) in [7, 11) is 0. The van der Waals surface area contributed by atoms with E-state index in [4.69, 9.17) is 4.74 Å². The lowest BCUT2D eigenvalue weighted by atomic mass is 9.99. The Hall–Kier alpha value is -1.98. The predicted molar refractivity (Wildman–Crippen MR) is 70.1 cm³/mol. The maximum absolute atomic E-state index is 12.8. The maximum atomic E-state index is 12.8. The van der Waals surface area contributed by atoms with Crippen LogP contribution in [0.4, 0.5) is 13.2 Å². The molecule has 0 bridgehead atoms. The zero-order valence-electron chi connectivity index (χ0n) is 11.3. The number of nitrogens with one attached hydrogen (secondary N) is 1. The highest BCUT2D eigenvalue weighted by molar-refractivity contribution is 6.24. The van der Waals surface area contributed by atoms with Gasteiger partial charge in [-0.25, -0.2) is 0 Å². The van der Waals surface area contributed by atoms with Gasteiger partial charge >= 0.3 is 6.18 Å². The van der Waals surface area contributed by atoms with Crippen LogP contribution in [-0.4, -0.2) is 17.9 Å². The Morgan fingerprint density at radius 1 is 1.29 bits per heavy atom. The van der Waals surface area contributed by atoms with Crippen molar-refractivity contribution in [3.05, 3.63) is 41.3 Å². The summed E-state index contributed by atoms with van der Waals surface area (Å²) in [4.78, 5) is 12.2. The molecule has 0 saturated heterocycles. The van der Waals surface area contributed by atoms with Crippen LogP contribution in [0.5, 0.6) is 0 Å². The summed E-state index contributed by atoms with van der Waals surface area (Å²) in [5.41, 5.74) is -0.326. The van der Waals surface area contributed by atoms with Crippen molar-refractivity contribution in [3.8, 4) is 0 Å². The minimum absolute atomic E-state index is 0.209. The van der Waals surface area contributed by atoms with Crippen LogP contribution < -0.4 is 5.32 Å². The molecule has 0 spiro atoms. The van der Waals surface area contributed by atoms with E-state index in [1.54, 1.807) is 6.92 Å². The zero-order chi connectivity index (χ0) is 15.2. The van der Waals surface area contributed by atoms with Gasteiger partial charge in [0.1, 0.15) is 0 Å². The highest BCUT2D eigenvalue weighted by atomic mass is 19.4. The fourth-order valence-corrected chi connectivity index (χ4v) is 2.25. The number of carbonyl (C=O) groups is 1. The molecule has 1 N–H and O–H groups in total. The van der Waals surface area contributed by atoms with E-state index in [0.29, 0.717) is 5.88 Å². The highest BCUT2D eigenvalue weighted by Gasteiger charge is 2.37. The number of carbonyl (C=O) groups excluding carboxylic acids is 1. The van der Waals surface area contributed by atoms with Gasteiger partial charge in [0.25, 0.3) is 0 Å². The van der Waals surface area contributed by atoms with Crippen LogP contribution in [0.15, 0.2) is 30.1 Å². The van der Waals surface area contributed by atoms with Gasteiger partial charge in [-0.05, 0) is 37.5 Å². The summed E-state index contributed by atoms with van der Waals surface area (Å²) in [6, 6.07) is 5.03. The molecule has 3 rings (SSSR count). The number of Topliss-reactive ketones (excluding diaryl/α,β-unsaturated/α-hetero) is 1. The number of rotatable bonds is 3. The first kappa shape index (κ1) is 14.0. The number of hydrogen-bond acceptors (Lipinski definition) is 3. The molecule has 21 heavy (non-hydrogen) atoms. The fourth-order valence-electron chi connectivity index (χ4n) is 2.25. The van der Waals surface area contributed by atoms with E-state index in [0.717, 1.165) is 25.0 Å². The Morgan fingerprint density at radius 3 is 2.62 bits per heavy atom. The fraction of sp³-hybridized carbons (Fsp3) is 0.400. The van der Waals surface area contributed by atoms with E-state index in [1.165, 1.54) is 12.1 Å². The molecule has 2 aliphatic rings. The van der Waals surface area contributed by atoms with Crippen LogP contribution in [0.1, 0.15) is 30.9 Å². The molecule has 6 heteroatoms. The number of benzene rings is 1. The first-order chi connectivity index (χ1) is 9.86. The largest absolute Gasteiger partial charge is 0.467 e. The molecule has 1 heterocycles. The van der Waals surface area contributed by atoms with Crippen molar-refractivity contribution in [2.24, 2.45) is 0 Å². The minimum atomic E-state index is -4.44. The van der Waals surface area contributed by atoms with Gasteiger partial charge in [-0.2, -0.15) is 13.2 Å². The number of alkyl halides is 3. The summed E-state index contributed by atoms with van der Waals surface area (Å²) in [5, 5.41) is 3.08. The third-order valence-corrected chi connectivity index (χ3v) is 3.53. The number of halogens is 3. The average molecular weight is 297 g/mol. The van der Waals surface area contributed by atoms with Gasteiger partial charge in [0, 0.05) is 6.04 Å². The molecule has 1 aromatic rings. The second-order valence-electron chi connectivity index (χ2n) is 5.33. The van der Waals surface area contributed by atoms with Crippen molar-refractivity contribution < 1.29 is 22.7 Å². The molecule has 1 aromatic carbocycles. The quantitative estimate of drug-likeness (QED) is 0.931. The van der Waals surface area contributed by atoms with Crippen molar-refractivity contribution in [1.82, 2.24) is 5.32 Å². The number of ether oxygens (including phenoxy) is 1. The van der Waals surface area contributed by atoms with Crippen molar-refractivity contribution in [2.75, 3.05) is 0 Å². The molecule has 1 fully saturated rings. The summed E-state index contributed by atoms with van der Waals surface area (Å²) < 4.78 is 43.8. The maximum Gasteiger partial charge on any atom is 0.416 e. The monoisotopic (exact) mass is 297 g/mol. The smallest absolute Gasteiger partial charge is 0.416 e. The Balaban J connectivity index is 2.01. The molecule has 1 aliphatic carbocycles. The van der Waals surface area contributed by atoms with Gasteiger partial charge in [-0.3, -0.25) is 4.79 Å². The van der Waals surface area contributed by atoms with E-state index in [2.05, 4.69) is 5.32 Å². The molecule has 112 valence electrons. The van der Waals surface area contributed by atoms with Crippen LogP contribution in [0, 0.1) is 0 Å². The average Bonchev–Trinajstić information content (AvgIpc) is 3.17. The Bertz CT molecular complexity index is 618. The van der Waals surface area contributed by atoms with Crippen LogP contribution in [0.3, 0.4) is 0 Å².